The molecule has 0 bridgehead atoms. The highest BCUT2D eigenvalue weighted by atomic mass is 16.5. The van der Waals surface area contributed by atoms with Crippen molar-refractivity contribution in [3.63, 3.8) is 0 Å². The Balaban J connectivity index is 0.000000149. The van der Waals surface area contributed by atoms with E-state index in [1.807, 2.05) is 66.7 Å². The van der Waals surface area contributed by atoms with Crippen LogP contribution in [-0.2, 0) is 19.1 Å². The zero-order chi connectivity index (χ0) is 73.9. The van der Waals surface area contributed by atoms with E-state index in [9.17, 15) is 43.2 Å². The second kappa shape index (κ2) is 37.7. The average molecular weight is 1460 g/mol. The molecule has 14 rings (SSSR count). The molecule has 0 radical (unpaired) electrons. The highest BCUT2D eigenvalue weighted by Crippen LogP contribution is 2.40. The van der Waals surface area contributed by atoms with Crippen molar-refractivity contribution >= 4 is 93.7 Å². The normalized spacial score (nSPS) is 21.8. The van der Waals surface area contributed by atoms with E-state index >= 15 is 0 Å². The fraction of sp³-hybridized carbons (Fsp3) is 0.600. The zero-order valence-electron chi connectivity index (χ0n) is 62.4. The number of urea groups is 6. The van der Waals surface area contributed by atoms with Gasteiger partial charge in [0.15, 0.2) is 0 Å². The Bertz CT molecular complexity index is 3620. The summed E-state index contributed by atoms with van der Waals surface area (Å²) in [5, 5.41) is 11.3. The highest BCUT2D eigenvalue weighted by molar-refractivity contribution is 6.16. The van der Waals surface area contributed by atoms with E-state index in [4.69, 9.17) is 4.74 Å². The van der Waals surface area contributed by atoms with E-state index in [-0.39, 0.29) is 49.6 Å². The summed E-state index contributed by atoms with van der Waals surface area (Å²) < 4.78 is 5.34. The summed E-state index contributed by atoms with van der Waals surface area (Å²) in [6, 6.07) is 24.5. The lowest BCUT2D eigenvalue weighted by Gasteiger charge is -2.42. The second-order valence-corrected chi connectivity index (χ2v) is 30.4. The molecule has 8 heterocycles. The number of hydrogen-bond acceptors (Lipinski definition) is 14. The monoisotopic (exact) mass is 1460 g/mol. The number of imide groups is 3. The first kappa shape index (κ1) is 76.9. The number of rotatable bonds is 13. The first-order valence-electron chi connectivity index (χ1n) is 39.7. The number of benzene rings is 3. The molecule has 3 aromatic carbocycles. The number of nitrogens with one attached hydrogen (secondary N) is 4. The Morgan fingerprint density at radius 1 is 0.415 bits per heavy atom. The molecule has 1 aromatic heterocycles. The lowest BCUT2D eigenvalue weighted by atomic mass is 9.93. The van der Waals surface area contributed by atoms with Crippen LogP contribution in [0.25, 0.3) is 0 Å². The lowest BCUT2D eigenvalue weighted by Crippen LogP contribution is -2.56. The molecule has 572 valence electrons. The van der Waals surface area contributed by atoms with Gasteiger partial charge in [0.05, 0.1) is 59.2 Å². The van der Waals surface area contributed by atoms with E-state index in [1.54, 1.807) is 58.1 Å². The number of morpholine rings is 1. The van der Waals surface area contributed by atoms with E-state index in [1.165, 1.54) is 146 Å². The number of nitrogens with zero attached hydrogens (tertiary/aromatic N) is 12. The molecule has 10 aliphatic rings. The Kier molecular flexibility index (Phi) is 27.3. The molecule has 0 atom stereocenters. The molecule has 4 N–H and O–H groups in total. The molecule has 15 amide bonds. The quantitative estimate of drug-likeness (QED) is 0.0971. The van der Waals surface area contributed by atoms with Crippen LogP contribution < -0.4 is 36.0 Å². The summed E-state index contributed by atoms with van der Waals surface area (Å²) in [6.45, 7) is 6.67. The molecule has 0 spiro atoms. The number of carbonyl (C=O) groups is 9. The van der Waals surface area contributed by atoms with Crippen LogP contribution in [0.5, 0.6) is 0 Å². The van der Waals surface area contributed by atoms with E-state index in [0.717, 1.165) is 92.5 Å². The number of likely N-dealkylation sites (N-methyl/N-ethyl adjacent to an activating group) is 1. The summed E-state index contributed by atoms with van der Waals surface area (Å²) in [5.41, 5.74) is 4.41. The minimum Gasteiger partial charge on any atom is -0.378 e. The first-order valence-corrected chi connectivity index (χ1v) is 39.7. The van der Waals surface area contributed by atoms with E-state index in [0.29, 0.717) is 84.2 Å². The van der Waals surface area contributed by atoms with Crippen LogP contribution in [0.2, 0.25) is 0 Å². The van der Waals surface area contributed by atoms with Crippen molar-refractivity contribution in [3.8, 4) is 0 Å². The van der Waals surface area contributed by atoms with Gasteiger partial charge in [-0.25, -0.2) is 43.5 Å². The maximum absolute atomic E-state index is 13.9. The third kappa shape index (κ3) is 19.5. The van der Waals surface area contributed by atoms with Gasteiger partial charge in [-0.3, -0.25) is 34.1 Å². The topological polar surface area (TPSA) is 260 Å². The Labute approximate surface area is 625 Å². The molecule has 3 aliphatic carbocycles. The van der Waals surface area contributed by atoms with Gasteiger partial charge in [0, 0.05) is 109 Å². The van der Waals surface area contributed by atoms with Gasteiger partial charge in [0.25, 0.3) is 0 Å². The average Bonchev–Trinajstić information content (AvgIpc) is 1.57. The van der Waals surface area contributed by atoms with Crippen molar-refractivity contribution in [2.75, 3.05) is 135 Å². The van der Waals surface area contributed by atoms with Crippen LogP contribution in [-0.4, -0.2) is 234 Å². The van der Waals surface area contributed by atoms with Gasteiger partial charge >= 0.3 is 36.2 Å². The number of anilines is 7. The molecule has 4 saturated heterocycles. The van der Waals surface area contributed by atoms with Crippen molar-refractivity contribution in [2.45, 2.75) is 210 Å². The van der Waals surface area contributed by atoms with E-state index in [2.05, 4.69) is 41.0 Å². The maximum Gasteiger partial charge on any atom is 0.333 e. The van der Waals surface area contributed by atoms with Gasteiger partial charge in [-0.2, -0.15) is 0 Å². The summed E-state index contributed by atoms with van der Waals surface area (Å²) in [7, 11) is 3.25. The molecule has 7 aliphatic heterocycles. The summed E-state index contributed by atoms with van der Waals surface area (Å²) in [5.74, 6) is -0.975. The predicted octanol–water partition coefficient (Wildman–Crippen LogP) is 13.1. The van der Waals surface area contributed by atoms with Crippen molar-refractivity contribution in [1.82, 2.24) is 44.2 Å². The highest BCUT2D eigenvalue weighted by Gasteiger charge is 2.44. The van der Waals surface area contributed by atoms with Crippen molar-refractivity contribution in [2.24, 2.45) is 0 Å². The zero-order valence-corrected chi connectivity index (χ0v) is 62.4. The number of carbonyl (C=O) groups excluding carboxylic acids is 9. The van der Waals surface area contributed by atoms with Gasteiger partial charge in [0.2, 0.25) is 17.7 Å². The van der Waals surface area contributed by atoms with Gasteiger partial charge in [0.1, 0.15) is 19.6 Å². The molecule has 3 saturated carbocycles. The third-order valence-electron chi connectivity index (χ3n) is 23.3. The Morgan fingerprint density at radius 2 is 0.755 bits per heavy atom. The number of amides is 15. The number of para-hydroxylation sites is 6. The van der Waals surface area contributed by atoms with Crippen LogP contribution in [0.3, 0.4) is 0 Å². The number of pyridine rings is 1. The molecule has 7 fully saturated rings. The molecular weight excluding hydrogens is 1340 g/mol. The lowest BCUT2D eigenvalue weighted by molar-refractivity contribution is -0.135. The van der Waals surface area contributed by atoms with Crippen molar-refractivity contribution < 1.29 is 47.9 Å². The molecule has 26 heteroatoms. The smallest absolute Gasteiger partial charge is 0.333 e. The molecule has 0 unspecified atom stereocenters. The number of piperidine rings is 3. The Morgan fingerprint density at radius 3 is 1.10 bits per heavy atom. The summed E-state index contributed by atoms with van der Waals surface area (Å²) >= 11 is 0. The largest absolute Gasteiger partial charge is 0.378 e. The van der Waals surface area contributed by atoms with Crippen LogP contribution in [0.15, 0.2) is 97.3 Å². The Hall–Kier alpha value is -8.72. The molecule has 26 nitrogen and oxygen atoms in total. The van der Waals surface area contributed by atoms with Gasteiger partial charge in [-0.1, -0.05) is 133 Å². The van der Waals surface area contributed by atoms with Crippen molar-refractivity contribution in [3.05, 3.63) is 97.3 Å². The molecule has 106 heavy (non-hydrogen) atoms. The predicted molar refractivity (Wildman–Crippen MR) is 411 cm³/mol. The van der Waals surface area contributed by atoms with Crippen LogP contribution in [0.4, 0.5) is 68.6 Å². The number of ether oxygens (including phenoxy) is 1. The fourth-order valence-corrected chi connectivity index (χ4v) is 17.4. The van der Waals surface area contributed by atoms with Crippen LogP contribution in [0, 0.1) is 0 Å². The van der Waals surface area contributed by atoms with E-state index < -0.39 is 42.1 Å². The fourth-order valence-electron chi connectivity index (χ4n) is 17.4. The van der Waals surface area contributed by atoms with Crippen LogP contribution in [0.1, 0.15) is 173 Å². The minimum atomic E-state index is -0.603. The number of hydrogen-bond donors (Lipinski definition) is 4. The van der Waals surface area contributed by atoms with Gasteiger partial charge in [-0.05, 0) is 126 Å². The first-order chi connectivity index (χ1) is 51.7. The third-order valence-corrected chi connectivity index (χ3v) is 23.3. The van der Waals surface area contributed by atoms with Gasteiger partial charge < -0.3 is 50.5 Å². The number of likely N-dealkylation sites (tertiary alicyclic amines) is 3. The van der Waals surface area contributed by atoms with Gasteiger partial charge in [-0.15, -0.1) is 0 Å². The SMILES string of the molecule is CN(C)C(=O)CN1C(=O)Nc2ccccc2N(C2CCN(C3CCCCCCC3)CC2)C1=O.O=C(CN1C(=O)Nc2ccccc2N(C2CCN(C3CCCCCCC3)CC2)C1=O)N1CCOCC1.O=C(CN1C(=O)Nc2ccccc2N(C2CCN(C3CCCCCCC3)CC2)C1=O)Nc1cccnc1. The minimum absolute atomic E-state index is 0.00638. The standard InChI is InChI=1S/C28H36N6O3.C27H39N5O4.C25H37N5O3/c35-26(30-21-9-8-16-29-19-21)20-33-27(36)31-24-12-6-7-13-25(24)34(28(33)37)23-14-17-32(18-15-23)22-10-4-2-1-3-5-11-22;33-25(30-16-18-36-19-17-30)20-31-26(34)28-23-10-6-7-11-24(23)32(27(31)35)22-12-14-29(15-13-22)21-8-4-2-1-3-5-9-21;1-27(2)23(31)18-29-24(32)26-21-12-8-9-13-22(21)30(25(29)33)20-14-16-28(17-15-20)19-10-6-4-3-5-7-11-19/h6-9,12-13,16,19,22-23H,1-5,10-11,14-15,17-18,20H2,(H,30,35)(H,31,36);6-7,10-11,21-22H,1-5,8-9,12-20H2,(H,28,34);8-9,12-13,19-20H,3-7,10-11,14-18H2,1-2H3,(H,26,32). The number of fused-ring (bicyclic) bond motifs is 3. The summed E-state index contributed by atoms with van der Waals surface area (Å²) in [6.07, 6.45) is 35.8. The van der Waals surface area contributed by atoms with Crippen LogP contribution >= 0.6 is 0 Å². The summed E-state index contributed by atoms with van der Waals surface area (Å²) in [4.78, 5) is 142. The number of aromatic nitrogens is 1. The second-order valence-electron chi connectivity index (χ2n) is 30.4. The molecule has 4 aromatic rings. The maximum atomic E-state index is 13.9. The molecular formula is C80H112N16O10. The van der Waals surface area contributed by atoms with Crippen molar-refractivity contribution in [1.29, 1.82) is 0 Å².